The quantitative estimate of drug-likeness (QED) is 0.784. The van der Waals surface area contributed by atoms with Crippen LogP contribution in [0.2, 0.25) is 0 Å². The molecule has 3 rings (SSSR count). The Kier molecular flexibility index (Phi) is 3.17. The molecule has 5 heteroatoms. The van der Waals surface area contributed by atoms with Gasteiger partial charge in [0.25, 0.3) is 0 Å². The number of aromatic nitrogens is 3. The third kappa shape index (κ3) is 2.38. The van der Waals surface area contributed by atoms with Gasteiger partial charge in [-0.1, -0.05) is 17.3 Å². The molecule has 0 radical (unpaired) electrons. The van der Waals surface area contributed by atoms with Gasteiger partial charge in [0, 0.05) is 5.56 Å². The zero-order chi connectivity index (χ0) is 15.0. The van der Waals surface area contributed by atoms with Crippen LogP contribution in [-0.4, -0.2) is 15.0 Å². The fourth-order valence-electron chi connectivity index (χ4n) is 2.23. The number of rotatable bonds is 2. The summed E-state index contributed by atoms with van der Waals surface area (Å²) in [4.78, 5) is 0. The number of aryl methyl sites for hydroxylation is 2. The molecule has 0 spiro atoms. The first-order valence-corrected chi connectivity index (χ1v) is 6.61. The van der Waals surface area contributed by atoms with Crippen LogP contribution in [0.15, 0.2) is 42.5 Å². The maximum absolute atomic E-state index is 13.0. The Labute approximate surface area is 122 Å². The predicted octanol–water partition coefficient (Wildman–Crippen LogP) is 3.27. The van der Waals surface area contributed by atoms with E-state index >= 15 is 0 Å². The van der Waals surface area contributed by atoms with E-state index in [2.05, 4.69) is 10.3 Å². The first-order valence-electron chi connectivity index (χ1n) is 6.61. The minimum atomic E-state index is -0.292. The van der Waals surface area contributed by atoms with Crippen LogP contribution in [0.3, 0.4) is 0 Å². The summed E-state index contributed by atoms with van der Waals surface area (Å²) >= 11 is 0. The van der Waals surface area contributed by atoms with E-state index < -0.39 is 0 Å². The largest absolute Gasteiger partial charge is 0.382 e. The van der Waals surface area contributed by atoms with Crippen molar-refractivity contribution in [2.75, 3.05) is 5.73 Å². The second kappa shape index (κ2) is 5.01. The van der Waals surface area contributed by atoms with Crippen molar-refractivity contribution in [3.63, 3.8) is 0 Å². The fourth-order valence-corrected chi connectivity index (χ4v) is 2.23. The number of nitrogens with zero attached hydrogens (tertiary/aromatic N) is 3. The van der Waals surface area contributed by atoms with E-state index in [1.165, 1.54) is 12.1 Å². The molecule has 0 aliphatic rings. The second-order valence-electron chi connectivity index (χ2n) is 5.03. The number of anilines is 1. The number of nitrogen functional groups attached to an aromatic ring is 1. The third-order valence-corrected chi connectivity index (χ3v) is 3.42. The molecular formula is C16H15FN4. The van der Waals surface area contributed by atoms with Crippen LogP contribution in [0, 0.1) is 19.7 Å². The van der Waals surface area contributed by atoms with Gasteiger partial charge < -0.3 is 5.73 Å². The summed E-state index contributed by atoms with van der Waals surface area (Å²) in [5.41, 5.74) is 10.5. The number of benzene rings is 2. The van der Waals surface area contributed by atoms with Gasteiger partial charge in [-0.15, -0.1) is 5.10 Å². The number of hydrogen-bond donors (Lipinski definition) is 1. The van der Waals surface area contributed by atoms with Gasteiger partial charge >= 0.3 is 0 Å². The molecule has 3 aromatic rings. The van der Waals surface area contributed by atoms with Crippen molar-refractivity contribution < 1.29 is 4.39 Å². The van der Waals surface area contributed by atoms with E-state index in [-0.39, 0.29) is 5.82 Å². The van der Waals surface area contributed by atoms with Gasteiger partial charge in [0.15, 0.2) is 5.82 Å². The number of halogens is 1. The molecule has 4 nitrogen and oxygen atoms in total. The molecule has 21 heavy (non-hydrogen) atoms. The highest BCUT2D eigenvalue weighted by Gasteiger charge is 2.14. The molecule has 0 bridgehead atoms. The Morgan fingerprint density at radius 2 is 1.76 bits per heavy atom. The lowest BCUT2D eigenvalue weighted by Crippen LogP contribution is -2.04. The monoisotopic (exact) mass is 282 g/mol. The van der Waals surface area contributed by atoms with Crippen molar-refractivity contribution in [1.82, 2.24) is 15.0 Å². The summed E-state index contributed by atoms with van der Waals surface area (Å²) in [7, 11) is 0. The Morgan fingerprint density at radius 1 is 1.05 bits per heavy atom. The van der Waals surface area contributed by atoms with E-state index in [0.717, 1.165) is 22.4 Å². The maximum atomic E-state index is 13.0. The summed E-state index contributed by atoms with van der Waals surface area (Å²) in [5.74, 6) is 0.148. The first-order chi connectivity index (χ1) is 10.1. The van der Waals surface area contributed by atoms with E-state index in [0.29, 0.717) is 11.5 Å². The van der Waals surface area contributed by atoms with Crippen molar-refractivity contribution in [1.29, 1.82) is 0 Å². The maximum Gasteiger partial charge on any atom is 0.155 e. The first kappa shape index (κ1) is 13.3. The summed E-state index contributed by atoms with van der Waals surface area (Å²) < 4.78 is 14.6. The molecule has 0 fully saturated rings. The SMILES string of the molecule is Cc1ccc(C)c(-n2nnc(-c3ccc(F)cc3)c2N)c1. The van der Waals surface area contributed by atoms with Gasteiger partial charge in [0.05, 0.1) is 5.69 Å². The Morgan fingerprint density at radius 3 is 2.48 bits per heavy atom. The summed E-state index contributed by atoms with van der Waals surface area (Å²) in [6.07, 6.45) is 0. The molecule has 106 valence electrons. The van der Waals surface area contributed by atoms with Gasteiger partial charge in [0.2, 0.25) is 0 Å². The van der Waals surface area contributed by atoms with Gasteiger partial charge in [-0.05, 0) is 55.3 Å². The van der Waals surface area contributed by atoms with Crippen molar-refractivity contribution in [3.05, 3.63) is 59.4 Å². The number of hydrogen-bond acceptors (Lipinski definition) is 3. The molecule has 0 aliphatic heterocycles. The Bertz CT molecular complexity index is 791. The lowest BCUT2D eigenvalue weighted by Gasteiger charge is -2.08. The van der Waals surface area contributed by atoms with E-state index in [1.54, 1.807) is 16.8 Å². The zero-order valence-corrected chi connectivity index (χ0v) is 11.8. The Balaban J connectivity index is 2.11. The Hall–Kier alpha value is -2.69. The van der Waals surface area contributed by atoms with Gasteiger partial charge in [0.1, 0.15) is 11.5 Å². The molecule has 0 aliphatic carbocycles. The molecule has 1 aromatic heterocycles. The highest BCUT2D eigenvalue weighted by atomic mass is 19.1. The van der Waals surface area contributed by atoms with Crippen LogP contribution in [0.5, 0.6) is 0 Å². The molecule has 0 amide bonds. The van der Waals surface area contributed by atoms with Gasteiger partial charge in [-0.2, -0.15) is 4.68 Å². The van der Waals surface area contributed by atoms with Crippen LogP contribution >= 0.6 is 0 Å². The zero-order valence-electron chi connectivity index (χ0n) is 11.8. The van der Waals surface area contributed by atoms with E-state index in [9.17, 15) is 4.39 Å². The molecule has 2 aromatic carbocycles. The molecule has 0 saturated carbocycles. The molecule has 0 saturated heterocycles. The van der Waals surface area contributed by atoms with Crippen molar-refractivity contribution >= 4 is 5.82 Å². The van der Waals surface area contributed by atoms with Crippen LogP contribution in [0.1, 0.15) is 11.1 Å². The smallest absolute Gasteiger partial charge is 0.155 e. The lowest BCUT2D eigenvalue weighted by molar-refractivity contribution is 0.628. The second-order valence-corrected chi connectivity index (χ2v) is 5.03. The topological polar surface area (TPSA) is 56.7 Å². The third-order valence-electron chi connectivity index (χ3n) is 3.42. The molecular weight excluding hydrogens is 267 g/mol. The van der Waals surface area contributed by atoms with E-state index in [4.69, 9.17) is 5.73 Å². The minimum absolute atomic E-state index is 0.292. The standard InChI is InChI=1S/C16H15FN4/c1-10-3-4-11(2)14(9-10)21-16(18)15(19-20-21)12-5-7-13(17)8-6-12/h3-9H,18H2,1-2H3. The highest BCUT2D eigenvalue weighted by Crippen LogP contribution is 2.26. The summed E-state index contributed by atoms with van der Waals surface area (Å²) in [6.45, 7) is 4.00. The summed E-state index contributed by atoms with van der Waals surface area (Å²) in [6, 6.07) is 12.1. The van der Waals surface area contributed by atoms with Gasteiger partial charge in [-0.3, -0.25) is 0 Å². The lowest BCUT2D eigenvalue weighted by atomic mass is 10.1. The predicted molar refractivity (Wildman–Crippen MR) is 80.6 cm³/mol. The van der Waals surface area contributed by atoms with Crippen LogP contribution < -0.4 is 5.73 Å². The van der Waals surface area contributed by atoms with Crippen LogP contribution in [0.4, 0.5) is 10.2 Å². The van der Waals surface area contributed by atoms with Gasteiger partial charge in [-0.25, -0.2) is 4.39 Å². The summed E-state index contributed by atoms with van der Waals surface area (Å²) in [5, 5.41) is 8.26. The van der Waals surface area contributed by atoms with E-state index in [1.807, 2.05) is 32.0 Å². The van der Waals surface area contributed by atoms with Crippen LogP contribution in [0.25, 0.3) is 16.9 Å². The van der Waals surface area contributed by atoms with Crippen LogP contribution in [-0.2, 0) is 0 Å². The highest BCUT2D eigenvalue weighted by molar-refractivity contribution is 5.71. The van der Waals surface area contributed by atoms with Crippen molar-refractivity contribution in [3.8, 4) is 16.9 Å². The molecule has 2 N–H and O–H groups in total. The van der Waals surface area contributed by atoms with Crippen molar-refractivity contribution in [2.45, 2.75) is 13.8 Å². The van der Waals surface area contributed by atoms with Crippen molar-refractivity contribution in [2.24, 2.45) is 0 Å². The minimum Gasteiger partial charge on any atom is -0.382 e. The number of nitrogens with two attached hydrogens (primary N) is 1. The molecule has 0 atom stereocenters. The fraction of sp³-hybridized carbons (Fsp3) is 0.125. The molecule has 1 heterocycles. The normalized spacial score (nSPS) is 10.8. The average molecular weight is 282 g/mol. The average Bonchev–Trinajstić information content (AvgIpc) is 2.84. The molecule has 0 unspecified atom stereocenters.